The maximum atomic E-state index is 12.1. The van der Waals surface area contributed by atoms with E-state index in [4.69, 9.17) is 0 Å². The molecule has 0 radical (unpaired) electrons. The third-order valence-corrected chi connectivity index (χ3v) is 4.39. The van der Waals surface area contributed by atoms with Gasteiger partial charge in [0.05, 0.1) is 6.54 Å². The third-order valence-electron chi connectivity index (χ3n) is 3.50. The van der Waals surface area contributed by atoms with Crippen molar-refractivity contribution in [1.29, 1.82) is 0 Å². The molecule has 0 bridgehead atoms. The summed E-state index contributed by atoms with van der Waals surface area (Å²) in [6.07, 6.45) is 0. The van der Waals surface area contributed by atoms with Crippen LogP contribution in [0.3, 0.4) is 0 Å². The molecule has 0 fully saturated rings. The maximum Gasteiger partial charge on any atom is 0.271 e. The Morgan fingerprint density at radius 2 is 1.60 bits per heavy atom. The molecular weight excluding hydrogens is 334 g/mol. The minimum Gasteiger partial charge on any atom is -0.350 e. The minimum atomic E-state index is -0.353. The van der Waals surface area contributed by atoms with E-state index in [1.54, 1.807) is 5.38 Å². The maximum absolute atomic E-state index is 12.1. The fourth-order valence-electron chi connectivity index (χ4n) is 2.20. The number of benzene rings is 2. The van der Waals surface area contributed by atoms with Crippen LogP contribution in [0.5, 0.6) is 0 Å². The van der Waals surface area contributed by atoms with Gasteiger partial charge in [-0.3, -0.25) is 9.59 Å². The lowest BCUT2D eigenvalue weighted by Gasteiger charge is -2.06. The van der Waals surface area contributed by atoms with E-state index < -0.39 is 0 Å². The Bertz CT molecular complexity index is 847. The molecule has 6 heteroatoms. The average molecular weight is 351 g/mol. The number of carbonyl (C=O) groups excluding carboxylic acids is 2. The highest BCUT2D eigenvalue weighted by Crippen LogP contribution is 2.23. The van der Waals surface area contributed by atoms with Gasteiger partial charge in [-0.25, -0.2) is 4.98 Å². The molecule has 0 spiro atoms. The Balaban J connectivity index is 1.49. The van der Waals surface area contributed by atoms with Crippen molar-refractivity contribution in [2.24, 2.45) is 0 Å². The predicted molar refractivity (Wildman–Crippen MR) is 98.2 cm³/mol. The van der Waals surface area contributed by atoms with Gasteiger partial charge in [0.15, 0.2) is 0 Å². The van der Waals surface area contributed by atoms with Crippen LogP contribution in [0.15, 0.2) is 66.0 Å². The number of rotatable bonds is 6. The molecule has 0 saturated carbocycles. The van der Waals surface area contributed by atoms with Crippen molar-refractivity contribution in [1.82, 2.24) is 15.6 Å². The molecule has 0 unspecified atom stereocenters. The molecule has 2 N–H and O–H groups in total. The summed E-state index contributed by atoms with van der Waals surface area (Å²) in [5.74, 6) is -0.594. The summed E-state index contributed by atoms with van der Waals surface area (Å²) < 4.78 is 0. The van der Waals surface area contributed by atoms with Gasteiger partial charge in [0, 0.05) is 17.5 Å². The number of nitrogens with zero attached hydrogens (tertiary/aromatic N) is 1. The lowest BCUT2D eigenvalue weighted by atomic mass is 10.2. The van der Waals surface area contributed by atoms with Crippen LogP contribution in [-0.4, -0.2) is 23.3 Å². The van der Waals surface area contributed by atoms with Crippen molar-refractivity contribution in [3.8, 4) is 10.6 Å². The zero-order valence-electron chi connectivity index (χ0n) is 13.4. The van der Waals surface area contributed by atoms with Gasteiger partial charge in [-0.1, -0.05) is 60.7 Å². The second kappa shape index (κ2) is 8.21. The zero-order chi connectivity index (χ0) is 17.5. The first-order valence-electron chi connectivity index (χ1n) is 7.82. The zero-order valence-corrected chi connectivity index (χ0v) is 14.3. The van der Waals surface area contributed by atoms with E-state index in [0.717, 1.165) is 16.1 Å². The summed E-state index contributed by atoms with van der Waals surface area (Å²) in [6.45, 7) is 0.355. The number of nitrogens with one attached hydrogen (secondary N) is 2. The van der Waals surface area contributed by atoms with Gasteiger partial charge in [0.1, 0.15) is 10.7 Å². The monoisotopic (exact) mass is 351 g/mol. The van der Waals surface area contributed by atoms with Crippen LogP contribution < -0.4 is 10.6 Å². The molecule has 3 rings (SSSR count). The van der Waals surface area contributed by atoms with Crippen molar-refractivity contribution in [3.05, 3.63) is 77.3 Å². The van der Waals surface area contributed by atoms with Gasteiger partial charge in [-0.2, -0.15) is 0 Å². The highest BCUT2D eigenvalue weighted by molar-refractivity contribution is 7.13. The highest BCUT2D eigenvalue weighted by atomic mass is 32.1. The summed E-state index contributed by atoms with van der Waals surface area (Å²) in [5.41, 5.74) is 2.29. The fraction of sp³-hybridized carbons (Fsp3) is 0.105. The molecule has 0 aliphatic rings. The summed E-state index contributed by atoms with van der Waals surface area (Å²) in [4.78, 5) is 28.3. The summed E-state index contributed by atoms with van der Waals surface area (Å²) in [5, 5.41) is 7.83. The first kappa shape index (κ1) is 16.9. The van der Waals surface area contributed by atoms with Gasteiger partial charge in [-0.05, 0) is 5.56 Å². The Hall–Kier alpha value is -2.99. The summed E-state index contributed by atoms with van der Waals surface area (Å²) in [6, 6.07) is 19.3. The molecule has 0 aliphatic heterocycles. The van der Waals surface area contributed by atoms with E-state index in [0.29, 0.717) is 12.2 Å². The minimum absolute atomic E-state index is 0.0795. The Kier molecular flexibility index (Phi) is 5.53. The van der Waals surface area contributed by atoms with E-state index in [1.807, 2.05) is 60.7 Å². The van der Waals surface area contributed by atoms with Crippen molar-refractivity contribution in [2.75, 3.05) is 6.54 Å². The van der Waals surface area contributed by atoms with Crippen molar-refractivity contribution in [3.63, 3.8) is 0 Å². The molecule has 2 aromatic carbocycles. The van der Waals surface area contributed by atoms with E-state index in [2.05, 4.69) is 15.6 Å². The number of thiazole rings is 1. The van der Waals surface area contributed by atoms with Crippen molar-refractivity contribution in [2.45, 2.75) is 6.54 Å². The standard InChI is InChI=1S/C19H17N3O2S/c23-17(20-11-14-7-3-1-4-8-14)12-21-18(24)16-13-25-19(22-16)15-9-5-2-6-10-15/h1-10,13H,11-12H2,(H,20,23)(H,21,24). The van der Waals surface area contributed by atoms with Gasteiger partial charge < -0.3 is 10.6 Å². The van der Waals surface area contributed by atoms with E-state index in [-0.39, 0.29) is 18.4 Å². The van der Waals surface area contributed by atoms with Crippen LogP contribution in [-0.2, 0) is 11.3 Å². The third kappa shape index (κ3) is 4.74. The molecule has 2 amide bonds. The Morgan fingerprint density at radius 3 is 2.32 bits per heavy atom. The van der Waals surface area contributed by atoms with Crippen LogP contribution in [0.2, 0.25) is 0 Å². The molecule has 0 saturated heterocycles. The molecule has 0 aliphatic carbocycles. The molecule has 126 valence electrons. The topological polar surface area (TPSA) is 71.1 Å². The molecule has 25 heavy (non-hydrogen) atoms. The largest absolute Gasteiger partial charge is 0.350 e. The van der Waals surface area contributed by atoms with Crippen LogP contribution in [0.1, 0.15) is 16.1 Å². The van der Waals surface area contributed by atoms with Crippen molar-refractivity contribution >= 4 is 23.2 Å². The number of hydrogen-bond acceptors (Lipinski definition) is 4. The van der Waals surface area contributed by atoms with E-state index >= 15 is 0 Å². The number of hydrogen-bond donors (Lipinski definition) is 2. The number of aromatic nitrogens is 1. The summed E-state index contributed by atoms with van der Waals surface area (Å²) >= 11 is 1.40. The lowest BCUT2D eigenvalue weighted by Crippen LogP contribution is -2.36. The molecular formula is C19H17N3O2S. The van der Waals surface area contributed by atoms with E-state index in [9.17, 15) is 9.59 Å². The molecule has 3 aromatic rings. The number of carbonyl (C=O) groups is 2. The molecule has 1 aromatic heterocycles. The first-order chi connectivity index (χ1) is 12.2. The van der Waals surface area contributed by atoms with Crippen LogP contribution in [0, 0.1) is 0 Å². The lowest BCUT2D eigenvalue weighted by molar-refractivity contribution is -0.120. The van der Waals surface area contributed by atoms with E-state index in [1.165, 1.54) is 11.3 Å². The van der Waals surface area contributed by atoms with Gasteiger partial charge in [0.25, 0.3) is 5.91 Å². The summed E-state index contributed by atoms with van der Waals surface area (Å²) in [7, 11) is 0. The van der Waals surface area contributed by atoms with Crippen LogP contribution in [0.4, 0.5) is 0 Å². The van der Waals surface area contributed by atoms with Gasteiger partial charge in [-0.15, -0.1) is 11.3 Å². The van der Waals surface area contributed by atoms with Gasteiger partial charge in [0.2, 0.25) is 5.91 Å². The second-order valence-corrected chi connectivity index (χ2v) is 6.21. The van der Waals surface area contributed by atoms with Crippen molar-refractivity contribution < 1.29 is 9.59 Å². The Morgan fingerprint density at radius 1 is 0.920 bits per heavy atom. The SMILES string of the molecule is O=C(CNC(=O)c1csc(-c2ccccc2)n1)NCc1ccccc1. The second-order valence-electron chi connectivity index (χ2n) is 5.35. The quantitative estimate of drug-likeness (QED) is 0.717. The first-order valence-corrected chi connectivity index (χ1v) is 8.70. The predicted octanol–water partition coefficient (Wildman–Crippen LogP) is 2.86. The fourth-order valence-corrected chi connectivity index (χ4v) is 3.01. The molecule has 0 atom stereocenters. The normalized spacial score (nSPS) is 10.2. The van der Waals surface area contributed by atoms with Gasteiger partial charge >= 0.3 is 0 Å². The highest BCUT2D eigenvalue weighted by Gasteiger charge is 2.12. The van der Waals surface area contributed by atoms with Crippen LogP contribution >= 0.6 is 11.3 Å². The molecule has 5 nitrogen and oxygen atoms in total. The van der Waals surface area contributed by atoms with Crippen LogP contribution in [0.25, 0.3) is 10.6 Å². The Labute approximate surface area is 149 Å². The average Bonchev–Trinajstić information content (AvgIpc) is 3.16. The number of amides is 2. The molecule has 1 heterocycles. The smallest absolute Gasteiger partial charge is 0.271 e.